The van der Waals surface area contributed by atoms with E-state index in [1.165, 1.54) is 19.3 Å². The number of hydrogen-bond donors (Lipinski definition) is 1. The van der Waals surface area contributed by atoms with Crippen molar-refractivity contribution in [1.29, 1.82) is 0 Å². The summed E-state index contributed by atoms with van der Waals surface area (Å²) in [5, 5.41) is 2.96. The van der Waals surface area contributed by atoms with Crippen LogP contribution >= 0.6 is 0 Å². The predicted octanol–water partition coefficient (Wildman–Crippen LogP) is 2.86. The Morgan fingerprint density at radius 3 is 2.43 bits per heavy atom. The largest absolute Gasteiger partial charge is 0.343 e. The molecular formula is C17H30N2O2. The molecule has 1 saturated heterocycles. The molecule has 2 aliphatic rings. The van der Waals surface area contributed by atoms with Gasteiger partial charge < -0.3 is 10.2 Å². The monoisotopic (exact) mass is 294 g/mol. The Morgan fingerprint density at radius 1 is 1.19 bits per heavy atom. The quantitative estimate of drug-likeness (QED) is 0.847. The molecule has 0 aromatic rings. The van der Waals surface area contributed by atoms with Gasteiger partial charge in [-0.3, -0.25) is 9.59 Å². The van der Waals surface area contributed by atoms with Crippen LogP contribution in [0.5, 0.6) is 0 Å². The molecule has 3 unspecified atom stereocenters. The van der Waals surface area contributed by atoms with Crippen molar-refractivity contribution in [1.82, 2.24) is 10.2 Å². The van der Waals surface area contributed by atoms with E-state index in [9.17, 15) is 9.59 Å². The number of hydrogen-bond acceptors (Lipinski definition) is 2. The van der Waals surface area contributed by atoms with Crippen LogP contribution in [0.4, 0.5) is 0 Å². The van der Waals surface area contributed by atoms with Crippen LogP contribution in [0.3, 0.4) is 0 Å². The van der Waals surface area contributed by atoms with Gasteiger partial charge in [-0.15, -0.1) is 0 Å². The number of nitrogens with zero attached hydrogens (tertiary/aromatic N) is 1. The lowest BCUT2D eigenvalue weighted by Crippen LogP contribution is -2.67. The van der Waals surface area contributed by atoms with Gasteiger partial charge in [0.15, 0.2) is 0 Å². The summed E-state index contributed by atoms with van der Waals surface area (Å²) in [6, 6.07) is -0.395. The smallest absolute Gasteiger partial charge is 0.246 e. The molecule has 0 spiro atoms. The minimum atomic E-state index is -0.323. The molecule has 2 amide bonds. The van der Waals surface area contributed by atoms with E-state index in [0.29, 0.717) is 12.3 Å². The lowest BCUT2D eigenvalue weighted by atomic mass is 9.81. The minimum Gasteiger partial charge on any atom is -0.343 e. The van der Waals surface area contributed by atoms with Crippen LogP contribution in [-0.4, -0.2) is 34.8 Å². The van der Waals surface area contributed by atoms with Gasteiger partial charge in [-0.25, -0.2) is 0 Å². The second-order valence-corrected chi connectivity index (χ2v) is 6.70. The van der Waals surface area contributed by atoms with Gasteiger partial charge in [0.05, 0.1) is 0 Å². The third-order valence-electron chi connectivity index (χ3n) is 5.12. The minimum absolute atomic E-state index is 0.0799. The molecule has 0 bridgehead atoms. The number of carbonyl (C=O) groups is 2. The summed E-state index contributed by atoms with van der Waals surface area (Å²) in [4.78, 5) is 27.3. The molecule has 2 rings (SSSR count). The predicted molar refractivity (Wildman–Crippen MR) is 83.8 cm³/mol. The lowest BCUT2D eigenvalue weighted by Gasteiger charge is -2.46. The van der Waals surface area contributed by atoms with Gasteiger partial charge in [-0.1, -0.05) is 39.5 Å². The first-order valence-corrected chi connectivity index (χ1v) is 8.72. The average Bonchev–Trinajstić information content (AvgIpc) is 2.49. The Bertz CT molecular complexity index is 377. The molecule has 1 saturated carbocycles. The van der Waals surface area contributed by atoms with Crippen molar-refractivity contribution >= 4 is 11.8 Å². The molecule has 2 fully saturated rings. The Kier molecular flexibility index (Phi) is 5.65. The Morgan fingerprint density at radius 2 is 1.86 bits per heavy atom. The fourth-order valence-corrected chi connectivity index (χ4v) is 3.98. The Balaban J connectivity index is 2.24. The number of piperazine rings is 1. The first-order valence-electron chi connectivity index (χ1n) is 8.72. The molecule has 21 heavy (non-hydrogen) atoms. The third kappa shape index (κ3) is 3.41. The average molecular weight is 294 g/mol. The topological polar surface area (TPSA) is 49.4 Å². The molecule has 4 nitrogen and oxygen atoms in total. The van der Waals surface area contributed by atoms with Crippen LogP contribution in [0, 0.1) is 5.92 Å². The lowest BCUT2D eigenvalue weighted by molar-refractivity contribution is -0.155. The maximum Gasteiger partial charge on any atom is 0.246 e. The molecule has 4 heteroatoms. The Hall–Kier alpha value is -1.06. The fourth-order valence-electron chi connectivity index (χ4n) is 3.98. The molecule has 120 valence electrons. The van der Waals surface area contributed by atoms with Crippen molar-refractivity contribution in [2.45, 2.75) is 90.3 Å². The van der Waals surface area contributed by atoms with Crippen LogP contribution in [-0.2, 0) is 9.59 Å². The van der Waals surface area contributed by atoms with Crippen molar-refractivity contribution in [3.63, 3.8) is 0 Å². The molecular weight excluding hydrogens is 264 g/mol. The van der Waals surface area contributed by atoms with Gasteiger partial charge in [0.25, 0.3) is 0 Å². The second-order valence-electron chi connectivity index (χ2n) is 6.70. The third-order valence-corrected chi connectivity index (χ3v) is 5.12. The summed E-state index contributed by atoms with van der Waals surface area (Å²) >= 11 is 0. The van der Waals surface area contributed by atoms with Crippen molar-refractivity contribution in [3.8, 4) is 0 Å². The first-order chi connectivity index (χ1) is 10.1. The molecule has 0 aromatic heterocycles. The number of carbonyl (C=O) groups excluding carboxylic acids is 2. The molecule has 0 radical (unpaired) electrons. The molecule has 1 N–H and O–H groups in total. The zero-order chi connectivity index (χ0) is 15.4. The standard InChI is InChI=1S/C17H30N2O2/c1-4-9-12(3)19-15(13-10-7-6-8-11-13)16(20)18-14(5-2)17(19)21/h12-15H,4-11H2,1-3H3,(H,18,20). The van der Waals surface area contributed by atoms with E-state index in [0.717, 1.165) is 25.7 Å². The fraction of sp³-hybridized carbons (Fsp3) is 0.882. The Labute approximate surface area is 128 Å². The van der Waals surface area contributed by atoms with E-state index < -0.39 is 0 Å². The number of amides is 2. The van der Waals surface area contributed by atoms with Gasteiger partial charge in [-0.05, 0) is 38.5 Å². The molecule has 0 aromatic carbocycles. The zero-order valence-electron chi connectivity index (χ0n) is 13.7. The van der Waals surface area contributed by atoms with Crippen LogP contribution < -0.4 is 5.32 Å². The first kappa shape index (κ1) is 16.3. The molecule has 1 aliphatic heterocycles. The van der Waals surface area contributed by atoms with Crippen LogP contribution in [0.1, 0.15) is 72.1 Å². The van der Waals surface area contributed by atoms with Crippen LogP contribution in [0.15, 0.2) is 0 Å². The summed E-state index contributed by atoms with van der Waals surface area (Å²) in [6.45, 7) is 6.20. The normalized spacial score (nSPS) is 29.4. The van der Waals surface area contributed by atoms with Crippen LogP contribution in [0.2, 0.25) is 0 Å². The van der Waals surface area contributed by atoms with E-state index in [2.05, 4.69) is 19.2 Å². The summed E-state index contributed by atoms with van der Waals surface area (Å²) in [5.41, 5.74) is 0. The van der Waals surface area contributed by atoms with Gasteiger partial charge in [0, 0.05) is 6.04 Å². The summed E-state index contributed by atoms with van der Waals surface area (Å²) < 4.78 is 0. The maximum absolute atomic E-state index is 12.8. The second kappa shape index (κ2) is 7.28. The highest BCUT2D eigenvalue weighted by atomic mass is 16.2. The van der Waals surface area contributed by atoms with E-state index in [1.54, 1.807) is 0 Å². The van der Waals surface area contributed by atoms with Gasteiger partial charge in [-0.2, -0.15) is 0 Å². The highest BCUT2D eigenvalue weighted by Gasteiger charge is 2.45. The maximum atomic E-state index is 12.8. The van der Waals surface area contributed by atoms with Crippen molar-refractivity contribution in [2.75, 3.05) is 0 Å². The number of rotatable bonds is 5. The molecule has 1 heterocycles. The summed E-state index contributed by atoms with van der Waals surface area (Å²) in [7, 11) is 0. The van der Waals surface area contributed by atoms with Gasteiger partial charge >= 0.3 is 0 Å². The van der Waals surface area contributed by atoms with Crippen molar-refractivity contribution < 1.29 is 9.59 Å². The van der Waals surface area contributed by atoms with E-state index in [4.69, 9.17) is 0 Å². The van der Waals surface area contributed by atoms with Crippen molar-refractivity contribution in [3.05, 3.63) is 0 Å². The number of nitrogens with one attached hydrogen (secondary N) is 1. The van der Waals surface area contributed by atoms with Crippen molar-refractivity contribution in [2.24, 2.45) is 5.92 Å². The summed E-state index contributed by atoms with van der Waals surface area (Å²) in [5.74, 6) is 0.560. The van der Waals surface area contributed by atoms with E-state index >= 15 is 0 Å². The SMILES string of the molecule is CCCC(C)N1C(=O)C(CC)NC(=O)C1C1CCCCC1. The zero-order valence-corrected chi connectivity index (χ0v) is 13.7. The van der Waals surface area contributed by atoms with Crippen LogP contribution in [0.25, 0.3) is 0 Å². The summed E-state index contributed by atoms with van der Waals surface area (Å²) in [6.07, 6.45) is 8.50. The highest BCUT2D eigenvalue weighted by Crippen LogP contribution is 2.32. The highest BCUT2D eigenvalue weighted by molar-refractivity contribution is 5.97. The van der Waals surface area contributed by atoms with Gasteiger partial charge in [0.2, 0.25) is 11.8 Å². The van der Waals surface area contributed by atoms with E-state index in [1.807, 2.05) is 11.8 Å². The van der Waals surface area contributed by atoms with E-state index in [-0.39, 0.29) is 29.9 Å². The molecule has 1 aliphatic carbocycles. The molecule has 3 atom stereocenters. The van der Waals surface area contributed by atoms with Gasteiger partial charge in [0.1, 0.15) is 12.1 Å².